The van der Waals surface area contributed by atoms with E-state index >= 15 is 0 Å². The number of ether oxygens (including phenoxy) is 1. The van der Waals surface area contributed by atoms with E-state index in [0.717, 1.165) is 12.8 Å². The average molecular weight is 328 g/mol. The molecule has 24 heavy (non-hydrogen) atoms. The van der Waals surface area contributed by atoms with E-state index in [1.165, 1.54) is 11.1 Å². The van der Waals surface area contributed by atoms with Gasteiger partial charge in [0.2, 0.25) is 5.91 Å². The summed E-state index contributed by atoms with van der Waals surface area (Å²) in [6.07, 6.45) is 2.50. The monoisotopic (exact) mass is 328 g/mol. The molecule has 0 radical (unpaired) electrons. The van der Waals surface area contributed by atoms with Crippen LogP contribution in [0.5, 0.6) is 0 Å². The van der Waals surface area contributed by atoms with Crippen molar-refractivity contribution in [2.75, 3.05) is 20.2 Å². The van der Waals surface area contributed by atoms with Crippen molar-refractivity contribution in [2.24, 2.45) is 0 Å². The molecule has 1 aromatic rings. The summed E-state index contributed by atoms with van der Waals surface area (Å²) in [5.74, 6) is 0.100. The Kier molecular flexibility index (Phi) is 5.66. The maximum Gasteiger partial charge on any atom is 0.223 e. The quantitative estimate of drug-likeness (QED) is 0.830. The first-order valence-electron chi connectivity index (χ1n) is 8.60. The van der Waals surface area contributed by atoms with Crippen LogP contribution >= 0.6 is 0 Å². The number of benzene rings is 1. The standard InChI is InChI=1S/C20H28N2O2/c1-16-6-8-17(9-7-16)20(10-13-24-19(2,3)15-20)14-18(23)22(4)12-5-11-21/h6-9H,5,10,12-15H2,1-4H3. The summed E-state index contributed by atoms with van der Waals surface area (Å²) in [4.78, 5) is 14.4. The summed E-state index contributed by atoms with van der Waals surface area (Å²) in [6.45, 7) is 7.42. The van der Waals surface area contributed by atoms with Crippen molar-refractivity contribution in [1.82, 2.24) is 4.90 Å². The van der Waals surface area contributed by atoms with E-state index in [0.29, 0.717) is 26.0 Å². The summed E-state index contributed by atoms with van der Waals surface area (Å²) >= 11 is 0. The third-order valence-corrected chi connectivity index (χ3v) is 4.98. The van der Waals surface area contributed by atoms with Crippen LogP contribution < -0.4 is 0 Å². The fourth-order valence-corrected chi connectivity index (χ4v) is 3.65. The molecule has 0 aromatic heterocycles. The van der Waals surface area contributed by atoms with Crippen molar-refractivity contribution in [1.29, 1.82) is 5.26 Å². The third-order valence-electron chi connectivity index (χ3n) is 4.98. The van der Waals surface area contributed by atoms with E-state index in [2.05, 4.69) is 51.1 Å². The molecule has 4 heteroatoms. The summed E-state index contributed by atoms with van der Waals surface area (Å²) in [5.41, 5.74) is 1.99. The van der Waals surface area contributed by atoms with Crippen molar-refractivity contribution in [3.8, 4) is 6.07 Å². The van der Waals surface area contributed by atoms with Crippen LogP contribution in [-0.4, -0.2) is 36.6 Å². The number of carbonyl (C=O) groups is 1. The predicted molar refractivity (Wildman–Crippen MR) is 94.6 cm³/mol. The number of amides is 1. The Labute approximate surface area is 145 Å². The molecule has 2 rings (SSSR count). The lowest BCUT2D eigenvalue weighted by molar-refractivity contribution is -0.135. The van der Waals surface area contributed by atoms with Crippen LogP contribution in [0.2, 0.25) is 0 Å². The van der Waals surface area contributed by atoms with Gasteiger partial charge in [0.1, 0.15) is 0 Å². The molecule has 1 unspecified atom stereocenters. The predicted octanol–water partition coefficient (Wildman–Crippen LogP) is 3.58. The Bertz CT molecular complexity index is 616. The van der Waals surface area contributed by atoms with Gasteiger partial charge in [0, 0.05) is 32.0 Å². The Balaban J connectivity index is 2.28. The van der Waals surface area contributed by atoms with Gasteiger partial charge in [-0.25, -0.2) is 0 Å². The number of rotatable bonds is 5. The first-order chi connectivity index (χ1) is 11.3. The van der Waals surface area contributed by atoms with Gasteiger partial charge in [-0.05, 0) is 39.2 Å². The minimum atomic E-state index is -0.241. The van der Waals surface area contributed by atoms with Gasteiger partial charge >= 0.3 is 0 Å². The number of hydrogen-bond donors (Lipinski definition) is 0. The van der Waals surface area contributed by atoms with Crippen LogP contribution in [0.15, 0.2) is 24.3 Å². The van der Waals surface area contributed by atoms with E-state index in [1.54, 1.807) is 11.9 Å². The smallest absolute Gasteiger partial charge is 0.223 e. The molecule has 4 nitrogen and oxygen atoms in total. The Morgan fingerprint density at radius 2 is 2.00 bits per heavy atom. The van der Waals surface area contributed by atoms with Gasteiger partial charge in [0.05, 0.1) is 18.1 Å². The van der Waals surface area contributed by atoms with Crippen LogP contribution in [0, 0.1) is 18.3 Å². The van der Waals surface area contributed by atoms with Crippen molar-refractivity contribution < 1.29 is 9.53 Å². The molecule has 1 heterocycles. The molecule has 1 atom stereocenters. The average Bonchev–Trinajstić information content (AvgIpc) is 2.52. The number of nitrogens with zero attached hydrogens (tertiary/aromatic N) is 2. The van der Waals surface area contributed by atoms with Gasteiger partial charge in [0.25, 0.3) is 0 Å². The molecule has 1 aliphatic heterocycles. The number of hydrogen-bond acceptors (Lipinski definition) is 3. The maximum atomic E-state index is 12.7. The van der Waals surface area contributed by atoms with Crippen LogP contribution in [0.3, 0.4) is 0 Å². The molecule has 1 aromatic carbocycles. The fraction of sp³-hybridized carbons (Fsp3) is 0.600. The topological polar surface area (TPSA) is 53.3 Å². The summed E-state index contributed by atoms with van der Waals surface area (Å²) in [6, 6.07) is 10.6. The van der Waals surface area contributed by atoms with Gasteiger partial charge in [-0.2, -0.15) is 5.26 Å². The zero-order chi connectivity index (χ0) is 17.8. The van der Waals surface area contributed by atoms with E-state index in [9.17, 15) is 4.79 Å². The molecule has 1 fully saturated rings. The van der Waals surface area contributed by atoms with Crippen LogP contribution in [-0.2, 0) is 14.9 Å². The molecule has 130 valence electrons. The second-order valence-electron chi connectivity index (χ2n) is 7.58. The molecule has 0 spiro atoms. The minimum absolute atomic E-state index is 0.100. The van der Waals surface area contributed by atoms with Gasteiger partial charge in [-0.3, -0.25) is 4.79 Å². The highest BCUT2D eigenvalue weighted by atomic mass is 16.5. The highest BCUT2D eigenvalue weighted by molar-refractivity contribution is 5.77. The van der Waals surface area contributed by atoms with Crippen LogP contribution in [0.1, 0.15) is 50.7 Å². The van der Waals surface area contributed by atoms with Crippen molar-refractivity contribution >= 4 is 5.91 Å². The van der Waals surface area contributed by atoms with Gasteiger partial charge in [-0.1, -0.05) is 29.8 Å². The lowest BCUT2D eigenvalue weighted by atomic mass is 9.67. The SMILES string of the molecule is Cc1ccc(C2(CC(=O)N(C)CCC#N)CCOC(C)(C)C2)cc1. The molecule has 0 bridgehead atoms. The first-order valence-corrected chi connectivity index (χ1v) is 8.60. The maximum absolute atomic E-state index is 12.7. The Hall–Kier alpha value is -1.86. The van der Waals surface area contributed by atoms with Gasteiger partial charge in [-0.15, -0.1) is 0 Å². The highest BCUT2D eigenvalue weighted by Crippen LogP contribution is 2.44. The van der Waals surface area contributed by atoms with Gasteiger partial charge < -0.3 is 9.64 Å². The second kappa shape index (κ2) is 7.36. The number of aryl methyl sites for hydroxylation is 1. The molecule has 0 aliphatic carbocycles. The number of carbonyl (C=O) groups excluding carboxylic acids is 1. The molecule has 1 saturated heterocycles. The summed E-state index contributed by atoms with van der Waals surface area (Å²) in [5, 5.41) is 8.74. The van der Waals surface area contributed by atoms with Crippen molar-refractivity contribution in [2.45, 2.75) is 57.5 Å². The molecule has 0 N–H and O–H groups in total. The lowest BCUT2D eigenvalue weighted by Gasteiger charge is -2.45. The van der Waals surface area contributed by atoms with Crippen molar-refractivity contribution in [3.05, 3.63) is 35.4 Å². The van der Waals surface area contributed by atoms with E-state index < -0.39 is 0 Å². The normalized spacial score (nSPS) is 22.6. The number of nitriles is 1. The fourth-order valence-electron chi connectivity index (χ4n) is 3.65. The molecular formula is C20H28N2O2. The molecular weight excluding hydrogens is 300 g/mol. The Morgan fingerprint density at radius 1 is 1.33 bits per heavy atom. The highest BCUT2D eigenvalue weighted by Gasteiger charge is 2.43. The molecule has 0 saturated carbocycles. The zero-order valence-corrected chi connectivity index (χ0v) is 15.3. The second-order valence-corrected chi connectivity index (χ2v) is 7.58. The summed E-state index contributed by atoms with van der Waals surface area (Å²) < 4.78 is 5.90. The zero-order valence-electron chi connectivity index (χ0n) is 15.3. The van der Waals surface area contributed by atoms with Crippen LogP contribution in [0.4, 0.5) is 0 Å². The first kappa shape index (κ1) is 18.5. The largest absolute Gasteiger partial charge is 0.376 e. The molecule has 1 amide bonds. The Morgan fingerprint density at radius 3 is 2.58 bits per heavy atom. The van der Waals surface area contributed by atoms with E-state index in [-0.39, 0.29) is 16.9 Å². The van der Waals surface area contributed by atoms with E-state index in [1.807, 2.05) is 0 Å². The van der Waals surface area contributed by atoms with Gasteiger partial charge in [0.15, 0.2) is 0 Å². The van der Waals surface area contributed by atoms with Crippen LogP contribution in [0.25, 0.3) is 0 Å². The minimum Gasteiger partial charge on any atom is -0.376 e. The van der Waals surface area contributed by atoms with E-state index in [4.69, 9.17) is 10.00 Å². The third kappa shape index (κ3) is 4.36. The summed E-state index contributed by atoms with van der Waals surface area (Å²) in [7, 11) is 1.78. The molecule has 1 aliphatic rings. The lowest BCUT2D eigenvalue weighted by Crippen LogP contribution is -2.46. The van der Waals surface area contributed by atoms with Crippen molar-refractivity contribution in [3.63, 3.8) is 0 Å².